The molecule has 11 heteroatoms. The lowest BCUT2D eigenvalue weighted by molar-refractivity contribution is -0.124. The highest BCUT2D eigenvalue weighted by atomic mass is 19.2. The van der Waals surface area contributed by atoms with Crippen molar-refractivity contribution in [1.29, 1.82) is 0 Å². The molecule has 2 atom stereocenters. The summed E-state index contributed by atoms with van der Waals surface area (Å²) in [6.45, 7) is -0.123. The molecule has 33 heavy (non-hydrogen) atoms. The van der Waals surface area contributed by atoms with E-state index in [0.29, 0.717) is 16.6 Å². The van der Waals surface area contributed by atoms with E-state index in [-0.39, 0.29) is 25.1 Å². The molecule has 1 aliphatic heterocycles. The number of hydrogen-bond acceptors (Lipinski definition) is 4. The lowest BCUT2D eigenvalue weighted by Crippen LogP contribution is -2.47. The molecule has 0 bridgehead atoms. The number of nitrogens with one attached hydrogen (secondary N) is 2. The van der Waals surface area contributed by atoms with Crippen molar-refractivity contribution in [3.05, 3.63) is 65.9 Å². The Balaban J connectivity index is 1.50. The average Bonchev–Trinajstić information content (AvgIpc) is 3.36. The third kappa shape index (κ3) is 4.35. The van der Waals surface area contributed by atoms with Crippen molar-refractivity contribution in [3.8, 4) is 0 Å². The van der Waals surface area contributed by atoms with E-state index in [1.807, 2.05) is 0 Å². The van der Waals surface area contributed by atoms with Gasteiger partial charge in [-0.3, -0.25) is 9.36 Å². The Kier molecular flexibility index (Phi) is 5.97. The summed E-state index contributed by atoms with van der Waals surface area (Å²) in [7, 11) is 0. The van der Waals surface area contributed by atoms with Gasteiger partial charge in [-0.2, -0.15) is 0 Å². The number of halogens is 2. The Morgan fingerprint density at radius 3 is 2.61 bits per heavy atom. The first-order chi connectivity index (χ1) is 15.8. The van der Waals surface area contributed by atoms with Gasteiger partial charge in [-0.1, -0.05) is 30.3 Å². The van der Waals surface area contributed by atoms with Gasteiger partial charge in [0.25, 0.3) is 0 Å². The number of hydrogen-bond donors (Lipinski definition) is 4. The predicted molar refractivity (Wildman–Crippen MR) is 117 cm³/mol. The van der Waals surface area contributed by atoms with Crippen molar-refractivity contribution in [2.75, 3.05) is 11.9 Å². The van der Waals surface area contributed by atoms with Crippen LogP contribution in [-0.2, 0) is 11.3 Å². The second-order valence-corrected chi connectivity index (χ2v) is 7.79. The van der Waals surface area contributed by atoms with Crippen molar-refractivity contribution in [1.82, 2.24) is 14.8 Å². The Labute approximate surface area is 187 Å². The van der Waals surface area contributed by atoms with Crippen LogP contribution in [0.15, 0.2) is 48.7 Å². The topological polar surface area (TPSA) is 135 Å². The number of fused-ring (bicyclic) bond motifs is 1. The molecular formula is C22H22F2N6O3. The highest BCUT2D eigenvalue weighted by Gasteiger charge is 2.38. The summed E-state index contributed by atoms with van der Waals surface area (Å²) in [4.78, 5) is 38.8. The van der Waals surface area contributed by atoms with E-state index in [1.54, 1.807) is 24.3 Å². The van der Waals surface area contributed by atoms with Gasteiger partial charge in [0.2, 0.25) is 5.91 Å². The SMILES string of the molecule is NC(=O)n1cc(NC(=O)N2C[C@@H](N)C[C@H]2C(=O)NCc2cccc(F)c2F)c2ccccc21. The molecule has 1 aromatic heterocycles. The standard InChI is InChI=1S/C22H22F2N6O3/c23-15-6-3-4-12(19(15)24)9-27-20(31)18-8-13(25)10-30(18)22(33)28-16-11-29(21(26)32)17-7-2-1-5-14(16)17/h1-7,11,13,18H,8-10,25H2,(H2,26,32)(H,27,31)(H,28,33)/t13-,18-/m0/s1. The highest BCUT2D eigenvalue weighted by Crippen LogP contribution is 2.27. The fourth-order valence-corrected chi connectivity index (χ4v) is 3.98. The first-order valence-corrected chi connectivity index (χ1v) is 10.2. The largest absolute Gasteiger partial charge is 0.351 e. The van der Waals surface area contributed by atoms with E-state index in [1.165, 1.54) is 27.8 Å². The number of carbonyl (C=O) groups excluding carboxylic acids is 3. The molecule has 9 nitrogen and oxygen atoms in total. The minimum atomic E-state index is -1.04. The summed E-state index contributed by atoms with van der Waals surface area (Å²) < 4.78 is 28.5. The highest BCUT2D eigenvalue weighted by molar-refractivity contribution is 6.05. The van der Waals surface area contributed by atoms with E-state index in [9.17, 15) is 23.2 Å². The number of nitrogens with zero attached hydrogens (tertiary/aromatic N) is 2. The van der Waals surface area contributed by atoms with Crippen LogP contribution in [0.1, 0.15) is 12.0 Å². The van der Waals surface area contributed by atoms with Gasteiger partial charge in [-0.25, -0.2) is 18.4 Å². The number of anilines is 1. The van der Waals surface area contributed by atoms with Crippen molar-refractivity contribution in [2.24, 2.45) is 11.5 Å². The molecule has 0 unspecified atom stereocenters. The Morgan fingerprint density at radius 1 is 1.09 bits per heavy atom. The number of primary amides is 1. The maximum atomic E-state index is 13.9. The van der Waals surface area contributed by atoms with Gasteiger partial charge in [-0.05, 0) is 18.6 Å². The summed E-state index contributed by atoms with van der Waals surface area (Å²) in [5.41, 5.74) is 12.3. The fourth-order valence-electron chi connectivity index (χ4n) is 3.98. The molecule has 0 aliphatic carbocycles. The molecule has 0 saturated carbocycles. The van der Waals surface area contributed by atoms with Crippen LogP contribution in [0.3, 0.4) is 0 Å². The average molecular weight is 456 g/mol. The normalized spacial score (nSPS) is 17.8. The molecule has 2 heterocycles. The van der Waals surface area contributed by atoms with Crippen LogP contribution < -0.4 is 22.1 Å². The van der Waals surface area contributed by atoms with Gasteiger partial charge in [0.1, 0.15) is 6.04 Å². The summed E-state index contributed by atoms with van der Waals surface area (Å²) in [6, 6.07) is 7.92. The second kappa shape index (κ2) is 8.87. The molecule has 1 fully saturated rings. The van der Waals surface area contributed by atoms with Crippen LogP contribution in [-0.4, -0.2) is 46.1 Å². The fraction of sp³-hybridized carbons (Fsp3) is 0.227. The Morgan fingerprint density at radius 2 is 1.85 bits per heavy atom. The first kappa shape index (κ1) is 22.2. The lowest BCUT2D eigenvalue weighted by atomic mass is 10.1. The van der Waals surface area contributed by atoms with Crippen molar-refractivity contribution >= 4 is 34.6 Å². The summed E-state index contributed by atoms with van der Waals surface area (Å²) in [5, 5.41) is 5.84. The quantitative estimate of drug-likeness (QED) is 0.478. The Hall–Kier alpha value is -3.99. The number of likely N-dealkylation sites (tertiary alicyclic amines) is 1. The number of nitrogens with two attached hydrogens (primary N) is 2. The number of benzene rings is 2. The van der Waals surface area contributed by atoms with Crippen LogP contribution in [0.2, 0.25) is 0 Å². The lowest BCUT2D eigenvalue weighted by Gasteiger charge is -2.24. The zero-order valence-corrected chi connectivity index (χ0v) is 17.4. The molecule has 1 aliphatic rings. The van der Waals surface area contributed by atoms with Crippen LogP contribution in [0, 0.1) is 11.6 Å². The van der Waals surface area contributed by atoms with E-state index in [2.05, 4.69) is 10.6 Å². The van der Waals surface area contributed by atoms with Crippen molar-refractivity contribution in [2.45, 2.75) is 25.0 Å². The van der Waals surface area contributed by atoms with E-state index >= 15 is 0 Å². The summed E-state index contributed by atoms with van der Waals surface area (Å²) in [5.74, 6) is -2.59. The zero-order chi connectivity index (χ0) is 23.7. The third-order valence-electron chi connectivity index (χ3n) is 5.57. The number of rotatable bonds is 4. The maximum absolute atomic E-state index is 13.9. The molecule has 2 aromatic carbocycles. The molecule has 3 aromatic rings. The van der Waals surface area contributed by atoms with Crippen LogP contribution in [0.4, 0.5) is 24.1 Å². The number of aromatic nitrogens is 1. The number of urea groups is 1. The van der Waals surface area contributed by atoms with Gasteiger partial charge in [-0.15, -0.1) is 0 Å². The van der Waals surface area contributed by atoms with E-state index < -0.39 is 41.7 Å². The molecule has 0 spiro atoms. The monoisotopic (exact) mass is 456 g/mol. The molecular weight excluding hydrogens is 434 g/mol. The number of carbonyl (C=O) groups is 3. The molecule has 0 radical (unpaired) electrons. The van der Waals surface area contributed by atoms with E-state index in [4.69, 9.17) is 11.5 Å². The molecule has 1 saturated heterocycles. The second-order valence-electron chi connectivity index (χ2n) is 7.79. The smallest absolute Gasteiger partial charge is 0.323 e. The molecule has 4 amide bonds. The summed E-state index contributed by atoms with van der Waals surface area (Å²) >= 11 is 0. The van der Waals surface area contributed by atoms with Crippen LogP contribution in [0.25, 0.3) is 10.9 Å². The Bertz CT molecular complexity index is 1240. The molecule has 4 rings (SSSR count). The van der Waals surface area contributed by atoms with Crippen LogP contribution >= 0.6 is 0 Å². The van der Waals surface area contributed by atoms with Gasteiger partial charge in [0, 0.05) is 36.3 Å². The number of para-hydroxylation sites is 1. The van der Waals surface area contributed by atoms with Crippen molar-refractivity contribution in [3.63, 3.8) is 0 Å². The van der Waals surface area contributed by atoms with Gasteiger partial charge in [0.05, 0.1) is 11.2 Å². The van der Waals surface area contributed by atoms with Gasteiger partial charge >= 0.3 is 12.1 Å². The van der Waals surface area contributed by atoms with Gasteiger partial charge in [0.15, 0.2) is 11.6 Å². The number of amides is 4. The third-order valence-corrected chi connectivity index (χ3v) is 5.57. The minimum Gasteiger partial charge on any atom is -0.351 e. The van der Waals surface area contributed by atoms with Crippen molar-refractivity contribution < 1.29 is 23.2 Å². The zero-order valence-electron chi connectivity index (χ0n) is 17.4. The first-order valence-electron chi connectivity index (χ1n) is 10.2. The maximum Gasteiger partial charge on any atom is 0.323 e. The van der Waals surface area contributed by atoms with Gasteiger partial charge < -0.3 is 27.0 Å². The summed E-state index contributed by atoms with van der Waals surface area (Å²) in [6.07, 6.45) is 1.61. The molecule has 172 valence electrons. The molecule has 6 N–H and O–H groups in total. The predicted octanol–water partition coefficient (Wildman–Crippen LogP) is 2.10. The van der Waals surface area contributed by atoms with Crippen LogP contribution in [0.5, 0.6) is 0 Å². The van der Waals surface area contributed by atoms with E-state index in [0.717, 1.165) is 6.07 Å². The minimum absolute atomic E-state index is 0.0130.